The third-order valence-electron chi connectivity index (χ3n) is 2.13. The molecule has 0 aromatic carbocycles. The van der Waals surface area contributed by atoms with Gasteiger partial charge in [-0.3, -0.25) is 4.79 Å². The van der Waals surface area contributed by atoms with Gasteiger partial charge in [0.05, 0.1) is 24.0 Å². The van der Waals surface area contributed by atoms with Gasteiger partial charge in [-0.25, -0.2) is 0 Å². The van der Waals surface area contributed by atoms with Gasteiger partial charge in [-0.1, -0.05) is 0 Å². The number of rotatable bonds is 7. The van der Waals surface area contributed by atoms with Gasteiger partial charge in [0.25, 0.3) is 5.91 Å². The van der Waals surface area contributed by atoms with E-state index in [1.807, 2.05) is 0 Å². The zero-order chi connectivity index (χ0) is 12.7. The molecule has 1 N–H and O–H groups in total. The van der Waals surface area contributed by atoms with Gasteiger partial charge in [-0.05, 0) is 6.42 Å². The maximum Gasteiger partial charge on any atom is 0.261 e. The molecule has 1 aromatic heterocycles. The van der Waals surface area contributed by atoms with E-state index in [4.69, 9.17) is 21.1 Å². The highest BCUT2D eigenvalue weighted by Gasteiger charge is 2.10. The van der Waals surface area contributed by atoms with Gasteiger partial charge in [-0.15, -0.1) is 22.9 Å². The maximum atomic E-state index is 11.7. The summed E-state index contributed by atoms with van der Waals surface area (Å²) in [5.74, 6) is 0.606. The van der Waals surface area contributed by atoms with Crippen molar-refractivity contribution in [2.75, 3.05) is 27.4 Å². The lowest BCUT2D eigenvalue weighted by Crippen LogP contribution is -2.26. The number of nitrogens with one attached hydrogen (secondary N) is 1. The van der Waals surface area contributed by atoms with Crippen molar-refractivity contribution in [3.8, 4) is 5.75 Å². The van der Waals surface area contributed by atoms with Crippen LogP contribution in [0.2, 0.25) is 0 Å². The lowest BCUT2D eigenvalue weighted by Gasteiger charge is -2.08. The minimum absolute atomic E-state index is 0.0711. The number of carbonyl (C=O) groups is 1. The second kappa shape index (κ2) is 7.53. The number of methoxy groups -OCH3 is 2. The molecule has 96 valence electrons. The number of amides is 1. The molecular weight excluding hydrogens is 262 g/mol. The molecule has 1 rings (SSSR count). The molecule has 1 aromatic rings. The predicted molar refractivity (Wildman–Crippen MR) is 69.3 cm³/mol. The summed E-state index contributed by atoms with van der Waals surface area (Å²) in [5.41, 5.74) is 0. The van der Waals surface area contributed by atoms with E-state index in [0.29, 0.717) is 30.2 Å². The highest BCUT2D eigenvalue weighted by molar-refractivity contribution is 7.12. The summed E-state index contributed by atoms with van der Waals surface area (Å²) in [6, 6.07) is 1.72. The van der Waals surface area contributed by atoms with E-state index in [1.165, 1.54) is 11.3 Å². The Hall–Kier alpha value is -0.780. The molecule has 1 unspecified atom stereocenters. The topological polar surface area (TPSA) is 47.6 Å². The van der Waals surface area contributed by atoms with Crippen molar-refractivity contribution in [3.05, 3.63) is 16.3 Å². The van der Waals surface area contributed by atoms with Crippen LogP contribution in [0.4, 0.5) is 0 Å². The molecule has 0 radical (unpaired) electrons. The van der Waals surface area contributed by atoms with Crippen LogP contribution in [0.1, 0.15) is 16.1 Å². The van der Waals surface area contributed by atoms with Crippen LogP contribution in [0.15, 0.2) is 11.4 Å². The normalized spacial score (nSPS) is 12.2. The molecule has 0 aliphatic carbocycles. The average molecular weight is 278 g/mol. The van der Waals surface area contributed by atoms with Gasteiger partial charge in [0, 0.05) is 25.1 Å². The molecule has 4 nitrogen and oxygen atoms in total. The number of halogens is 1. The van der Waals surface area contributed by atoms with Crippen molar-refractivity contribution in [1.29, 1.82) is 0 Å². The molecule has 1 heterocycles. The third-order valence-corrected chi connectivity index (χ3v) is 3.38. The fourth-order valence-electron chi connectivity index (χ4n) is 1.24. The molecule has 1 atom stereocenters. The smallest absolute Gasteiger partial charge is 0.261 e. The Morgan fingerprint density at radius 1 is 1.59 bits per heavy atom. The Morgan fingerprint density at radius 2 is 2.35 bits per heavy atom. The number of carbonyl (C=O) groups excluding carboxylic acids is 1. The molecule has 0 aliphatic rings. The van der Waals surface area contributed by atoms with Gasteiger partial charge in [0.15, 0.2) is 0 Å². The highest BCUT2D eigenvalue weighted by atomic mass is 35.5. The SMILES string of the molecule is COCC(Cl)CCNC(=O)c1cc(OC)cs1. The Labute approximate surface area is 110 Å². The van der Waals surface area contributed by atoms with Gasteiger partial charge in [0.2, 0.25) is 0 Å². The number of ether oxygens (including phenoxy) is 2. The number of hydrogen-bond donors (Lipinski definition) is 1. The zero-order valence-corrected chi connectivity index (χ0v) is 11.4. The van der Waals surface area contributed by atoms with Crippen LogP contribution in [0.3, 0.4) is 0 Å². The maximum absolute atomic E-state index is 11.7. The summed E-state index contributed by atoms with van der Waals surface area (Å²) in [7, 11) is 3.18. The molecular formula is C11H16ClNO3S. The van der Waals surface area contributed by atoms with Crippen LogP contribution in [0.5, 0.6) is 5.75 Å². The van der Waals surface area contributed by atoms with Gasteiger partial charge < -0.3 is 14.8 Å². The monoisotopic (exact) mass is 277 g/mol. The molecule has 0 fully saturated rings. The highest BCUT2D eigenvalue weighted by Crippen LogP contribution is 2.20. The largest absolute Gasteiger partial charge is 0.496 e. The molecule has 6 heteroatoms. The van der Waals surface area contributed by atoms with Gasteiger partial charge in [-0.2, -0.15) is 0 Å². The number of alkyl halides is 1. The second-order valence-electron chi connectivity index (χ2n) is 3.45. The fraction of sp³-hybridized carbons (Fsp3) is 0.545. The Bertz CT molecular complexity index is 356. The molecule has 0 saturated carbocycles. The van der Waals surface area contributed by atoms with E-state index < -0.39 is 0 Å². The quantitative estimate of drug-likeness (QED) is 0.777. The van der Waals surface area contributed by atoms with Crippen molar-refractivity contribution in [3.63, 3.8) is 0 Å². The standard InChI is InChI=1S/C11H16ClNO3S/c1-15-6-8(12)3-4-13-11(14)10-5-9(16-2)7-17-10/h5,7-8H,3-4,6H2,1-2H3,(H,13,14). The minimum atomic E-state index is -0.0976. The predicted octanol–water partition coefficient (Wildman–Crippen LogP) is 2.13. The first-order valence-corrected chi connectivity index (χ1v) is 6.52. The van der Waals surface area contributed by atoms with Gasteiger partial charge >= 0.3 is 0 Å². The van der Waals surface area contributed by atoms with Crippen LogP contribution in [0, 0.1) is 0 Å². The van der Waals surface area contributed by atoms with Crippen molar-refractivity contribution >= 4 is 28.8 Å². The molecule has 0 saturated heterocycles. The van der Waals surface area contributed by atoms with E-state index in [0.717, 1.165) is 0 Å². The van der Waals surface area contributed by atoms with E-state index in [2.05, 4.69) is 5.32 Å². The lowest BCUT2D eigenvalue weighted by molar-refractivity contribution is 0.0955. The Balaban J connectivity index is 2.29. The number of hydrogen-bond acceptors (Lipinski definition) is 4. The summed E-state index contributed by atoms with van der Waals surface area (Å²) in [6.07, 6.45) is 0.684. The van der Waals surface area contributed by atoms with Crippen LogP contribution >= 0.6 is 22.9 Å². The minimum Gasteiger partial charge on any atom is -0.496 e. The van der Waals surface area contributed by atoms with Crippen molar-refractivity contribution < 1.29 is 14.3 Å². The zero-order valence-electron chi connectivity index (χ0n) is 9.86. The lowest BCUT2D eigenvalue weighted by atomic mass is 10.3. The molecule has 0 bridgehead atoms. The van der Waals surface area contributed by atoms with E-state index in [-0.39, 0.29) is 11.3 Å². The number of thiophene rings is 1. The van der Waals surface area contributed by atoms with E-state index in [9.17, 15) is 4.79 Å². The van der Waals surface area contributed by atoms with E-state index in [1.54, 1.807) is 25.7 Å². The Morgan fingerprint density at radius 3 is 2.94 bits per heavy atom. The first-order valence-electron chi connectivity index (χ1n) is 5.21. The van der Waals surface area contributed by atoms with Crippen LogP contribution in [-0.4, -0.2) is 38.7 Å². The third kappa shape index (κ3) is 4.93. The first-order chi connectivity index (χ1) is 8.17. The van der Waals surface area contributed by atoms with Crippen molar-refractivity contribution in [1.82, 2.24) is 5.32 Å². The van der Waals surface area contributed by atoms with Crippen LogP contribution < -0.4 is 10.1 Å². The summed E-state index contributed by atoms with van der Waals surface area (Å²) >= 11 is 7.30. The molecule has 0 aliphatic heterocycles. The summed E-state index contributed by atoms with van der Waals surface area (Å²) in [5, 5.41) is 4.53. The summed E-state index contributed by atoms with van der Waals surface area (Å²) < 4.78 is 9.92. The molecule has 17 heavy (non-hydrogen) atoms. The summed E-state index contributed by atoms with van der Waals surface area (Å²) in [6.45, 7) is 1.03. The Kier molecular flexibility index (Phi) is 6.32. The van der Waals surface area contributed by atoms with Crippen LogP contribution in [-0.2, 0) is 4.74 Å². The molecule has 1 amide bonds. The second-order valence-corrected chi connectivity index (χ2v) is 4.98. The van der Waals surface area contributed by atoms with Crippen molar-refractivity contribution in [2.24, 2.45) is 0 Å². The molecule has 0 spiro atoms. The van der Waals surface area contributed by atoms with Crippen molar-refractivity contribution in [2.45, 2.75) is 11.8 Å². The van der Waals surface area contributed by atoms with Crippen LogP contribution in [0.25, 0.3) is 0 Å². The summed E-state index contributed by atoms with van der Waals surface area (Å²) in [4.78, 5) is 12.3. The van der Waals surface area contributed by atoms with Gasteiger partial charge in [0.1, 0.15) is 5.75 Å². The fourth-order valence-corrected chi connectivity index (χ4v) is 2.24. The van der Waals surface area contributed by atoms with E-state index >= 15 is 0 Å². The first kappa shape index (κ1) is 14.3. The average Bonchev–Trinajstić information content (AvgIpc) is 2.77.